The first kappa shape index (κ1) is 13.9. The zero-order valence-electron chi connectivity index (χ0n) is 10.1. The molecule has 0 aliphatic heterocycles. The Labute approximate surface area is 94.3 Å². The van der Waals surface area contributed by atoms with E-state index in [0.29, 0.717) is 5.92 Å². The fourth-order valence-electron chi connectivity index (χ4n) is 1.65. The van der Waals surface area contributed by atoms with Crippen LogP contribution >= 0.6 is 0 Å². The molecule has 0 fully saturated rings. The van der Waals surface area contributed by atoms with Gasteiger partial charge in [0.25, 0.3) is 0 Å². The van der Waals surface area contributed by atoms with Gasteiger partial charge < -0.3 is 0 Å². The van der Waals surface area contributed by atoms with Gasteiger partial charge in [-0.1, -0.05) is 45.9 Å². The summed E-state index contributed by atoms with van der Waals surface area (Å²) in [5.41, 5.74) is 1.11. The van der Waals surface area contributed by atoms with Crippen molar-refractivity contribution in [3.8, 4) is 0 Å². The Bertz CT molecular complexity index is 230. The summed E-state index contributed by atoms with van der Waals surface area (Å²) in [7, 11) is 0. The van der Waals surface area contributed by atoms with Crippen molar-refractivity contribution in [2.45, 2.75) is 39.5 Å². The number of rotatable bonds is 8. The Hall–Kier alpha value is -1.11. The predicted molar refractivity (Wildman–Crippen MR) is 70.3 cm³/mol. The van der Waals surface area contributed by atoms with Gasteiger partial charge >= 0.3 is 0 Å². The van der Waals surface area contributed by atoms with E-state index in [1.165, 1.54) is 25.7 Å². The van der Waals surface area contributed by atoms with Crippen LogP contribution in [0.2, 0.25) is 0 Å². The zero-order chi connectivity index (χ0) is 11.5. The van der Waals surface area contributed by atoms with E-state index in [1.807, 2.05) is 12.2 Å². The molecule has 0 radical (unpaired) electrons. The maximum Gasteiger partial charge on any atom is 0.0428 e. The molecule has 1 heteroatoms. The lowest BCUT2D eigenvalue weighted by atomic mass is 9.93. The normalized spacial score (nSPS) is 12.3. The smallest absolute Gasteiger partial charge is 0.0428 e. The summed E-state index contributed by atoms with van der Waals surface area (Å²) in [4.78, 5) is 4.42. The van der Waals surface area contributed by atoms with Crippen molar-refractivity contribution in [3.63, 3.8) is 0 Å². The van der Waals surface area contributed by atoms with E-state index in [2.05, 4.69) is 32.0 Å². The molecule has 0 saturated heterocycles. The average molecular weight is 205 g/mol. The van der Waals surface area contributed by atoms with Gasteiger partial charge in [0.1, 0.15) is 0 Å². The molecule has 0 bridgehead atoms. The van der Waals surface area contributed by atoms with Crippen molar-refractivity contribution in [3.05, 3.63) is 37.6 Å². The average Bonchev–Trinajstić information content (AvgIpc) is 2.24. The van der Waals surface area contributed by atoms with Crippen molar-refractivity contribution in [1.82, 2.24) is 0 Å². The minimum absolute atomic E-state index is 0.562. The third-order valence-corrected chi connectivity index (χ3v) is 2.35. The molecule has 0 aliphatic carbocycles. The lowest BCUT2D eigenvalue weighted by Gasteiger charge is -2.14. The topological polar surface area (TPSA) is 12.4 Å². The first-order chi connectivity index (χ1) is 7.29. The fourth-order valence-corrected chi connectivity index (χ4v) is 1.65. The number of allylic oxidation sites excluding steroid dienone is 3. The molecule has 84 valence electrons. The predicted octanol–water partition coefficient (Wildman–Crippen LogP) is 4.53. The molecule has 0 N–H and O–H groups in total. The monoisotopic (exact) mass is 205 g/mol. The van der Waals surface area contributed by atoms with Crippen molar-refractivity contribution in [1.29, 1.82) is 0 Å². The first-order valence-electron chi connectivity index (χ1n) is 5.77. The Morgan fingerprint density at radius 2 is 1.80 bits per heavy atom. The first-order valence-corrected chi connectivity index (χ1v) is 5.77. The highest BCUT2D eigenvalue weighted by Crippen LogP contribution is 2.16. The molecule has 1 nitrogen and oxygen atoms in total. The van der Waals surface area contributed by atoms with Crippen LogP contribution in [-0.2, 0) is 0 Å². The van der Waals surface area contributed by atoms with Crippen LogP contribution < -0.4 is 0 Å². The Kier molecular flexibility index (Phi) is 8.75. The lowest BCUT2D eigenvalue weighted by molar-refractivity contribution is 0.560. The molecule has 0 amide bonds. The van der Waals surface area contributed by atoms with E-state index in [4.69, 9.17) is 0 Å². The maximum atomic E-state index is 4.42. The molecule has 0 saturated carbocycles. The van der Waals surface area contributed by atoms with Gasteiger partial charge in [0.15, 0.2) is 0 Å². The fraction of sp³-hybridized carbons (Fsp3) is 0.500. The second-order valence-corrected chi connectivity index (χ2v) is 3.61. The largest absolute Gasteiger partial charge is 0.261 e. The molecular weight excluding hydrogens is 182 g/mol. The summed E-state index contributed by atoms with van der Waals surface area (Å²) in [6, 6.07) is 0. The maximum absolute atomic E-state index is 4.42. The van der Waals surface area contributed by atoms with Gasteiger partial charge in [-0.05, 0) is 25.0 Å². The molecule has 0 unspecified atom stereocenters. The van der Waals surface area contributed by atoms with Crippen LogP contribution in [0.25, 0.3) is 0 Å². The zero-order valence-corrected chi connectivity index (χ0v) is 10.1. The molecule has 0 spiro atoms. The second kappa shape index (κ2) is 9.45. The third kappa shape index (κ3) is 6.05. The second-order valence-electron chi connectivity index (χ2n) is 3.61. The van der Waals surface area contributed by atoms with Crippen LogP contribution in [0.4, 0.5) is 0 Å². The van der Waals surface area contributed by atoms with Gasteiger partial charge in [-0.15, -0.1) is 0 Å². The van der Waals surface area contributed by atoms with Crippen LogP contribution in [0.3, 0.4) is 0 Å². The minimum Gasteiger partial charge on any atom is -0.261 e. The summed E-state index contributed by atoms with van der Waals surface area (Å²) in [5, 5.41) is 0. The summed E-state index contributed by atoms with van der Waals surface area (Å²) in [6.07, 6.45) is 12.0. The summed E-state index contributed by atoms with van der Waals surface area (Å²) in [5.74, 6) is 0.562. The van der Waals surface area contributed by atoms with E-state index in [0.717, 1.165) is 5.71 Å². The van der Waals surface area contributed by atoms with E-state index < -0.39 is 0 Å². The minimum atomic E-state index is 0.562. The van der Waals surface area contributed by atoms with Gasteiger partial charge in [-0.25, -0.2) is 0 Å². The van der Waals surface area contributed by atoms with E-state index >= 15 is 0 Å². The van der Waals surface area contributed by atoms with Crippen LogP contribution in [-0.4, -0.2) is 5.71 Å². The van der Waals surface area contributed by atoms with Gasteiger partial charge in [0.05, 0.1) is 0 Å². The molecular formula is C14H23N. The Morgan fingerprint density at radius 3 is 2.20 bits per heavy atom. The highest BCUT2D eigenvalue weighted by Gasteiger charge is 2.10. The summed E-state index contributed by atoms with van der Waals surface area (Å²) >= 11 is 0. The van der Waals surface area contributed by atoms with Crippen LogP contribution in [0.1, 0.15) is 39.5 Å². The van der Waals surface area contributed by atoms with E-state index in [9.17, 15) is 0 Å². The van der Waals surface area contributed by atoms with Gasteiger partial charge in [0.2, 0.25) is 0 Å². The SMILES string of the molecule is C=C/C=C\N=C(C=C)C(CCC)CCC. The standard InChI is InChI=1S/C14H23N/c1-5-9-12-15-14(8-4)13(10-6-2)11-7-3/h5,8-9,12-13H,1,4,6-7,10-11H2,2-3H3/b12-9-,15-14?. The molecule has 0 aromatic rings. The number of nitrogens with zero attached hydrogens (tertiary/aromatic N) is 1. The van der Waals surface area contributed by atoms with Crippen molar-refractivity contribution >= 4 is 5.71 Å². The Morgan fingerprint density at radius 1 is 1.20 bits per heavy atom. The lowest BCUT2D eigenvalue weighted by Crippen LogP contribution is -2.11. The third-order valence-electron chi connectivity index (χ3n) is 2.35. The quantitative estimate of drug-likeness (QED) is 0.408. The van der Waals surface area contributed by atoms with Crippen molar-refractivity contribution < 1.29 is 0 Å². The van der Waals surface area contributed by atoms with Crippen molar-refractivity contribution in [2.75, 3.05) is 0 Å². The molecule has 0 atom stereocenters. The van der Waals surface area contributed by atoms with Gasteiger partial charge in [0, 0.05) is 17.8 Å². The molecule has 0 rings (SSSR count). The summed E-state index contributed by atoms with van der Waals surface area (Å²) < 4.78 is 0. The number of aliphatic imine (C=N–C) groups is 1. The van der Waals surface area contributed by atoms with Crippen LogP contribution in [0.5, 0.6) is 0 Å². The van der Waals surface area contributed by atoms with E-state index in [-0.39, 0.29) is 0 Å². The van der Waals surface area contributed by atoms with E-state index in [1.54, 1.807) is 12.3 Å². The molecule has 0 aliphatic rings. The highest BCUT2D eigenvalue weighted by molar-refractivity contribution is 5.96. The van der Waals surface area contributed by atoms with Crippen LogP contribution in [0.15, 0.2) is 42.6 Å². The molecule has 0 aromatic heterocycles. The van der Waals surface area contributed by atoms with Gasteiger partial charge in [-0.3, -0.25) is 4.99 Å². The van der Waals surface area contributed by atoms with Gasteiger partial charge in [-0.2, -0.15) is 0 Å². The molecule has 0 aromatic carbocycles. The summed E-state index contributed by atoms with van der Waals surface area (Å²) in [6.45, 7) is 11.9. The Balaban J connectivity index is 4.55. The molecule has 15 heavy (non-hydrogen) atoms. The molecule has 0 heterocycles. The van der Waals surface area contributed by atoms with Crippen molar-refractivity contribution in [2.24, 2.45) is 10.9 Å². The number of hydrogen-bond acceptors (Lipinski definition) is 1. The highest BCUT2D eigenvalue weighted by atomic mass is 14.7. The number of hydrogen-bond donors (Lipinski definition) is 0. The van der Waals surface area contributed by atoms with Crippen LogP contribution in [0, 0.1) is 5.92 Å².